The molecule has 3 atom stereocenters. The van der Waals surface area contributed by atoms with Crippen LogP contribution in [-0.2, 0) is 26.1 Å². The number of sulfonamides is 1. The Kier molecular flexibility index (Phi) is 5.17. The lowest BCUT2D eigenvalue weighted by atomic mass is 9.79. The Morgan fingerprint density at radius 1 is 1.42 bits per heavy atom. The lowest BCUT2D eigenvalue weighted by Crippen LogP contribution is -2.54. The molecule has 2 aliphatic heterocycles. The second-order valence-electron chi connectivity index (χ2n) is 6.42. The SMILES string of the molecule is CS(=O)(=O)N1CC[C@@H]2OCC[C@H](C(=O)NCc3ccccn3)[C@H]2C1. The van der Waals surface area contributed by atoms with Crippen LogP contribution in [0.5, 0.6) is 0 Å². The number of carbonyl (C=O) groups is 1. The van der Waals surface area contributed by atoms with Gasteiger partial charge in [0.25, 0.3) is 0 Å². The molecule has 2 fully saturated rings. The molecule has 0 aromatic carbocycles. The molecular weight excluding hydrogens is 330 g/mol. The second kappa shape index (κ2) is 7.16. The summed E-state index contributed by atoms with van der Waals surface area (Å²) in [5.41, 5.74) is 0.802. The molecule has 2 saturated heterocycles. The molecule has 0 spiro atoms. The first-order chi connectivity index (χ1) is 11.4. The minimum atomic E-state index is -3.24. The Bertz CT molecular complexity index is 680. The van der Waals surface area contributed by atoms with Crippen molar-refractivity contribution in [1.29, 1.82) is 0 Å². The molecule has 0 saturated carbocycles. The third-order valence-electron chi connectivity index (χ3n) is 4.81. The van der Waals surface area contributed by atoms with Crippen LogP contribution in [-0.4, -0.2) is 55.7 Å². The van der Waals surface area contributed by atoms with Crippen molar-refractivity contribution in [2.45, 2.75) is 25.5 Å². The van der Waals surface area contributed by atoms with Crippen molar-refractivity contribution < 1.29 is 17.9 Å². The van der Waals surface area contributed by atoms with E-state index in [4.69, 9.17) is 4.74 Å². The lowest BCUT2D eigenvalue weighted by Gasteiger charge is -2.43. The van der Waals surface area contributed by atoms with Gasteiger partial charge in [-0.05, 0) is 25.0 Å². The highest BCUT2D eigenvalue weighted by Crippen LogP contribution is 2.34. The van der Waals surface area contributed by atoms with Crippen LogP contribution in [0.2, 0.25) is 0 Å². The van der Waals surface area contributed by atoms with Gasteiger partial charge in [-0.1, -0.05) is 6.07 Å². The van der Waals surface area contributed by atoms with Crippen LogP contribution in [0.25, 0.3) is 0 Å². The number of ether oxygens (including phenoxy) is 1. The van der Waals surface area contributed by atoms with Crippen molar-refractivity contribution in [2.24, 2.45) is 11.8 Å². The number of nitrogens with one attached hydrogen (secondary N) is 1. The average molecular weight is 353 g/mol. The lowest BCUT2D eigenvalue weighted by molar-refractivity contribution is -0.139. The largest absolute Gasteiger partial charge is 0.378 e. The Balaban J connectivity index is 1.66. The van der Waals surface area contributed by atoms with Crippen LogP contribution in [0.3, 0.4) is 0 Å². The number of hydrogen-bond acceptors (Lipinski definition) is 5. The molecule has 132 valence electrons. The van der Waals surface area contributed by atoms with Gasteiger partial charge in [0.05, 0.1) is 24.6 Å². The van der Waals surface area contributed by atoms with E-state index in [2.05, 4.69) is 10.3 Å². The Labute approximate surface area is 142 Å². The van der Waals surface area contributed by atoms with Gasteiger partial charge in [0, 0.05) is 37.7 Å². The number of nitrogens with zero attached hydrogens (tertiary/aromatic N) is 2. The molecule has 8 heteroatoms. The molecule has 7 nitrogen and oxygen atoms in total. The molecule has 0 unspecified atom stereocenters. The summed E-state index contributed by atoms with van der Waals surface area (Å²) in [5, 5.41) is 2.93. The monoisotopic (exact) mass is 353 g/mol. The van der Waals surface area contributed by atoms with E-state index in [0.717, 1.165) is 5.69 Å². The van der Waals surface area contributed by atoms with E-state index in [1.807, 2.05) is 18.2 Å². The van der Waals surface area contributed by atoms with Crippen LogP contribution in [0.4, 0.5) is 0 Å². The Morgan fingerprint density at radius 2 is 2.25 bits per heavy atom. The number of fused-ring (bicyclic) bond motifs is 1. The van der Waals surface area contributed by atoms with Crippen LogP contribution >= 0.6 is 0 Å². The van der Waals surface area contributed by atoms with Gasteiger partial charge in [-0.15, -0.1) is 0 Å². The molecule has 3 heterocycles. The summed E-state index contributed by atoms with van der Waals surface area (Å²) in [7, 11) is -3.24. The van der Waals surface area contributed by atoms with Crippen LogP contribution < -0.4 is 5.32 Å². The van der Waals surface area contributed by atoms with Gasteiger partial charge in [0.2, 0.25) is 15.9 Å². The van der Waals surface area contributed by atoms with Gasteiger partial charge in [0.15, 0.2) is 0 Å². The van der Waals surface area contributed by atoms with E-state index in [-0.39, 0.29) is 23.8 Å². The maximum absolute atomic E-state index is 12.6. The quantitative estimate of drug-likeness (QED) is 0.846. The molecule has 0 bridgehead atoms. The first kappa shape index (κ1) is 17.3. The van der Waals surface area contributed by atoms with Crippen molar-refractivity contribution in [2.75, 3.05) is 26.0 Å². The van der Waals surface area contributed by atoms with Crippen molar-refractivity contribution in [3.05, 3.63) is 30.1 Å². The summed E-state index contributed by atoms with van der Waals surface area (Å²) in [6.45, 7) is 1.74. The molecule has 1 N–H and O–H groups in total. The summed E-state index contributed by atoms with van der Waals surface area (Å²) < 4.78 is 30.9. The Hall–Kier alpha value is -1.51. The van der Waals surface area contributed by atoms with Gasteiger partial charge < -0.3 is 10.1 Å². The Morgan fingerprint density at radius 3 is 2.96 bits per heavy atom. The highest BCUT2D eigenvalue weighted by Gasteiger charge is 2.43. The van der Waals surface area contributed by atoms with Crippen LogP contribution in [0.1, 0.15) is 18.5 Å². The van der Waals surface area contributed by atoms with Gasteiger partial charge in [-0.2, -0.15) is 0 Å². The summed E-state index contributed by atoms with van der Waals surface area (Å²) >= 11 is 0. The standard InChI is InChI=1S/C16H23N3O4S/c1-24(21,22)19-8-5-15-14(11-19)13(6-9-23-15)16(20)18-10-12-4-2-3-7-17-12/h2-4,7,13-15H,5-6,8-11H2,1H3,(H,18,20)/t13-,14+,15-/m0/s1. The summed E-state index contributed by atoms with van der Waals surface area (Å²) in [6.07, 6.45) is 4.13. The zero-order chi connectivity index (χ0) is 17.2. The van der Waals surface area contributed by atoms with E-state index in [1.54, 1.807) is 6.20 Å². The average Bonchev–Trinajstić information content (AvgIpc) is 2.58. The van der Waals surface area contributed by atoms with Crippen molar-refractivity contribution in [3.8, 4) is 0 Å². The number of pyridine rings is 1. The third kappa shape index (κ3) is 3.93. The van der Waals surface area contributed by atoms with Crippen molar-refractivity contribution in [3.63, 3.8) is 0 Å². The molecule has 24 heavy (non-hydrogen) atoms. The highest BCUT2D eigenvalue weighted by atomic mass is 32.2. The summed E-state index contributed by atoms with van der Waals surface area (Å²) in [4.78, 5) is 16.8. The smallest absolute Gasteiger partial charge is 0.223 e. The topological polar surface area (TPSA) is 88.6 Å². The molecule has 2 aliphatic rings. The number of hydrogen-bond donors (Lipinski definition) is 1. The summed E-state index contributed by atoms with van der Waals surface area (Å²) in [6, 6.07) is 5.57. The normalized spacial score (nSPS) is 28.1. The molecular formula is C16H23N3O4S. The van der Waals surface area contributed by atoms with Crippen LogP contribution in [0, 0.1) is 11.8 Å². The predicted molar refractivity (Wildman–Crippen MR) is 88.5 cm³/mol. The fourth-order valence-electron chi connectivity index (χ4n) is 3.52. The highest BCUT2D eigenvalue weighted by molar-refractivity contribution is 7.88. The van der Waals surface area contributed by atoms with Gasteiger partial charge in [-0.25, -0.2) is 12.7 Å². The number of amides is 1. The number of aromatic nitrogens is 1. The second-order valence-corrected chi connectivity index (χ2v) is 8.40. The zero-order valence-corrected chi connectivity index (χ0v) is 14.5. The third-order valence-corrected chi connectivity index (χ3v) is 6.08. The van der Waals surface area contributed by atoms with Gasteiger partial charge >= 0.3 is 0 Å². The molecule has 1 aromatic heterocycles. The van der Waals surface area contributed by atoms with Crippen LogP contribution in [0.15, 0.2) is 24.4 Å². The first-order valence-electron chi connectivity index (χ1n) is 8.19. The number of rotatable bonds is 4. The van der Waals surface area contributed by atoms with Crippen molar-refractivity contribution in [1.82, 2.24) is 14.6 Å². The molecule has 3 rings (SSSR count). The minimum Gasteiger partial charge on any atom is -0.378 e. The molecule has 0 radical (unpaired) electrons. The number of carbonyl (C=O) groups excluding carboxylic acids is 1. The predicted octanol–water partition coefficient (Wildman–Crippen LogP) is 0.384. The van der Waals surface area contributed by atoms with E-state index >= 15 is 0 Å². The van der Waals surface area contributed by atoms with E-state index in [1.165, 1.54) is 10.6 Å². The number of piperidine rings is 1. The molecule has 0 aliphatic carbocycles. The first-order valence-corrected chi connectivity index (χ1v) is 10.0. The van der Waals surface area contributed by atoms with E-state index in [0.29, 0.717) is 39.1 Å². The van der Waals surface area contributed by atoms with E-state index in [9.17, 15) is 13.2 Å². The zero-order valence-electron chi connectivity index (χ0n) is 13.7. The fraction of sp³-hybridized carbons (Fsp3) is 0.625. The van der Waals surface area contributed by atoms with Gasteiger partial charge in [0.1, 0.15) is 0 Å². The van der Waals surface area contributed by atoms with Gasteiger partial charge in [-0.3, -0.25) is 9.78 Å². The fourth-order valence-corrected chi connectivity index (χ4v) is 4.40. The van der Waals surface area contributed by atoms with E-state index < -0.39 is 10.0 Å². The molecule has 1 aromatic rings. The minimum absolute atomic E-state index is 0.0395. The van der Waals surface area contributed by atoms with Crippen molar-refractivity contribution >= 4 is 15.9 Å². The summed E-state index contributed by atoms with van der Waals surface area (Å²) in [5.74, 6) is -0.364. The maximum atomic E-state index is 12.6. The maximum Gasteiger partial charge on any atom is 0.223 e. The molecule has 1 amide bonds.